The molecule has 0 atom stereocenters. The van der Waals surface area contributed by atoms with Gasteiger partial charge in [0.05, 0.1) is 23.3 Å². The Kier molecular flexibility index (Phi) is 6.61. The average molecular weight is 455 g/mol. The summed E-state index contributed by atoms with van der Waals surface area (Å²) in [7, 11) is 1.59. The van der Waals surface area contributed by atoms with Crippen LogP contribution < -0.4 is 14.8 Å². The molecule has 1 aromatic heterocycles. The number of aldehydes is 1. The van der Waals surface area contributed by atoms with Gasteiger partial charge in [0.1, 0.15) is 30.3 Å². The number of phenolic OH excluding ortho intramolecular Hbond substituents is 1. The van der Waals surface area contributed by atoms with Crippen molar-refractivity contribution in [3.63, 3.8) is 0 Å². The summed E-state index contributed by atoms with van der Waals surface area (Å²) in [6, 6.07) is 8.37. The molecule has 166 valence electrons. The van der Waals surface area contributed by atoms with Gasteiger partial charge in [0, 0.05) is 49.7 Å². The van der Waals surface area contributed by atoms with Gasteiger partial charge >= 0.3 is 0 Å². The lowest BCUT2D eigenvalue weighted by molar-refractivity contribution is -0.104. The Morgan fingerprint density at radius 1 is 1.19 bits per heavy atom. The Morgan fingerprint density at radius 2 is 2.00 bits per heavy atom. The number of ether oxygens (including phenoxy) is 2. The molecule has 2 aromatic carbocycles. The van der Waals surface area contributed by atoms with Gasteiger partial charge in [-0.1, -0.05) is 11.6 Å². The molecule has 0 spiro atoms. The van der Waals surface area contributed by atoms with E-state index in [-0.39, 0.29) is 11.9 Å². The summed E-state index contributed by atoms with van der Waals surface area (Å²) in [6.45, 7) is 1.61. The van der Waals surface area contributed by atoms with Gasteiger partial charge in [-0.15, -0.1) is 0 Å². The minimum atomic E-state index is 0.0230. The van der Waals surface area contributed by atoms with Crippen LogP contribution in [0.5, 0.6) is 17.2 Å². The quantitative estimate of drug-likeness (QED) is 0.310. The number of likely N-dealkylation sites (tertiary alicyclic amines) is 1. The first-order chi connectivity index (χ1) is 15.6. The van der Waals surface area contributed by atoms with E-state index in [9.17, 15) is 9.90 Å². The number of piperidine rings is 1. The van der Waals surface area contributed by atoms with Crippen LogP contribution >= 0.6 is 11.6 Å². The molecule has 8 nitrogen and oxygen atoms in total. The Balaban J connectivity index is 1.59. The van der Waals surface area contributed by atoms with E-state index in [1.807, 2.05) is 18.3 Å². The minimum absolute atomic E-state index is 0.0230. The summed E-state index contributed by atoms with van der Waals surface area (Å²) in [5.74, 6) is 1.84. The second-order valence-electron chi connectivity index (χ2n) is 7.36. The fraction of sp³-hybridized carbons (Fsp3) is 0.261. The predicted octanol–water partition coefficient (Wildman–Crippen LogP) is 4.30. The number of phenols is 1. The van der Waals surface area contributed by atoms with E-state index in [1.54, 1.807) is 19.2 Å². The highest BCUT2D eigenvalue weighted by atomic mass is 35.5. The summed E-state index contributed by atoms with van der Waals surface area (Å²) in [5, 5.41) is 13.9. The Labute approximate surface area is 190 Å². The standard InChI is InChI=1S/C23H23ClN4O4/c1-31-21-13-20-17(12-22(21)32-16-5-8-28(9-6-16)7-2-10-29)23(26-14-25-20)27-19-4-3-15(30)11-18(19)24/h2-4,7,10-14,16,30H,5-6,8-9H2,1H3,(H,25,26,27). The molecule has 0 aliphatic carbocycles. The van der Waals surface area contributed by atoms with E-state index in [0.29, 0.717) is 33.5 Å². The van der Waals surface area contributed by atoms with Crippen molar-refractivity contribution in [1.29, 1.82) is 0 Å². The highest BCUT2D eigenvalue weighted by molar-refractivity contribution is 6.33. The molecular weight excluding hydrogens is 432 g/mol. The Morgan fingerprint density at radius 3 is 2.72 bits per heavy atom. The summed E-state index contributed by atoms with van der Waals surface area (Å²) in [4.78, 5) is 21.3. The Bertz CT molecular complexity index is 1150. The maximum absolute atomic E-state index is 10.5. The number of aromatic hydroxyl groups is 1. The van der Waals surface area contributed by atoms with Crippen molar-refractivity contribution in [2.24, 2.45) is 0 Å². The summed E-state index contributed by atoms with van der Waals surface area (Å²) >= 11 is 6.24. The molecule has 4 rings (SSSR count). The van der Waals surface area contributed by atoms with Gasteiger partial charge in [-0.05, 0) is 24.3 Å². The fourth-order valence-corrected chi connectivity index (χ4v) is 3.85. The van der Waals surface area contributed by atoms with Crippen molar-refractivity contribution >= 4 is 40.3 Å². The molecule has 1 aliphatic heterocycles. The largest absolute Gasteiger partial charge is 0.508 e. The van der Waals surface area contributed by atoms with Crippen LogP contribution in [0.1, 0.15) is 12.8 Å². The number of hydrogen-bond donors (Lipinski definition) is 2. The highest BCUT2D eigenvalue weighted by Gasteiger charge is 2.21. The highest BCUT2D eigenvalue weighted by Crippen LogP contribution is 2.37. The first kappa shape index (κ1) is 21.7. The number of rotatable bonds is 7. The van der Waals surface area contributed by atoms with E-state index in [1.165, 1.54) is 18.5 Å². The van der Waals surface area contributed by atoms with Gasteiger partial charge in [0.15, 0.2) is 11.5 Å². The third kappa shape index (κ3) is 4.86. The summed E-state index contributed by atoms with van der Waals surface area (Å²) in [5.41, 5.74) is 1.30. The number of hydrogen-bond acceptors (Lipinski definition) is 8. The van der Waals surface area contributed by atoms with Gasteiger partial charge in [-0.25, -0.2) is 9.97 Å². The minimum Gasteiger partial charge on any atom is -0.508 e. The number of carbonyl (C=O) groups excluding carboxylic acids is 1. The van der Waals surface area contributed by atoms with Crippen LogP contribution in [0.25, 0.3) is 10.9 Å². The molecule has 1 fully saturated rings. The van der Waals surface area contributed by atoms with Gasteiger partial charge in [0.2, 0.25) is 0 Å². The molecule has 2 N–H and O–H groups in total. The molecule has 0 unspecified atom stereocenters. The lowest BCUT2D eigenvalue weighted by atomic mass is 10.1. The molecule has 0 amide bonds. The Hall–Kier alpha value is -3.52. The number of carbonyl (C=O) groups is 1. The van der Waals surface area contributed by atoms with Crippen LogP contribution in [0, 0.1) is 0 Å². The topological polar surface area (TPSA) is 96.8 Å². The number of benzene rings is 2. The van der Waals surface area contributed by atoms with Gasteiger partial charge in [0.25, 0.3) is 0 Å². The molecule has 0 bridgehead atoms. The first-order valence-corrected chi connectivity index (χ1v) is 10.6. The molecule has 2 heterocycles. The van der Waals surface area contributed by atoms with E-state index >= 15 is 0 Å². The lowest BCUT2D eigenvalue weighted by Gasteiger charge is -2.31. The van der Waals surface area contributed by atoms with E-state index in [2.05, 4.69) is 20.2 Å². The van der Waals surface area contributed by atoms with Crippen LogP contribution in [0.3, 0.4) is 0 Å². The summed E-state index contributed by atoms with van der Waals surface area (Å²) < 4.78 is 11.8. The number of fused-ring (bicyclic) bond motifs is 1. The third-order valence-corrected chi connectivity index (χ3v) is 5.58. The number of allylic oxidation sites excluding steroid dienone is 1. The second-order valence-corrected chi connectivity index (χ2v) is 7.77. The SMILES string of the molecule is COc1cc2ncnc(Nc3ccc(O)cc3Cl)c2cc1OC1CCN(C=CC=O)CC1. The zero-order valence-corrected chi connectivity index (χ0v) is 18.2. The average Bonchev–Trinajstić information content (AvgIpc) is 2.80. The van der Waals surface area contributed by atoms with E-state index < -0.39 is 0 Å². The summed E-state index contributed by atoms with van der Waals surface area (Å²) in [6.07, 6.45) is 7.22. The number of halogens is 1. The zero-order valence-electron chi connectivity index (χ0n) is 17.5. The number of anilines is 2. The fourth-order valence-electron chi connectivity index (χ4n) is 3.63. The van der Waals surface area contributed by atoms with Crippen LogP contribution in [0.15, 0.2) is 48.9 Å². The van der Waals surface area contributed by atoms with Crippen LogP contribution in [-0.4, -0.2) is 52.6 Å². The maximum atomic E-state index is 10.5. The molecule has 0 radical (unpaired) electrons. The van der Waals surface area contributed by atoms with Crippen molar-refractivity contribution in [1.82, 2.24) is 14.9 Å². The molecular formula is C23H23ClN4O4. The molecule has 1 aliphatic rings. The van der Waals surface area contributed by atoms with Gasteiger partial charge in [-0.3, -0.25) is 4.79 Å². The number of methoxy groups -OCH3 is 1. The molecule has 0 saturated carbocycles. The predicted molar refractivity (Wildman–Crippen MR) is 123 cm³/mol. The normalized spacial score (nSPS) is 14.6. The van der Waals surface area contributed by atoms with Crippen LogP contribution in [0.2, 0.25) is 5.02 Å². The van der Waals surface area contributed by atoms with E-state index in [0.717, 1.165) is 37.6 Å². The van der Waals surface area contributed by atoms with Crippen molar-refractivity contribution in [3.05, 3.63) is 54.0 Å². The number of nitrogens with one attached hydrogen (secondary N) is 1. The lowest BCUT2D eigenvalue weighted by Crippen LogP contribution is -2.35. The molecule has 32 heavy (non-hydrogen) atoms. The molecule has 3 aromatic rings. The van der Waals surface area contributed by atoms with Crippen molar-refractivity contribution in [3.8, 4) is 17.2 Å². The van der Waals surface area contributed by atoms with Gasteiger partial charge in [-0.2, -0.15) is 0 Å². The van der Waals surface area contributed by atoms with Crippen LogP contribution in [-0.2, 0) is 4.79 Å². The smallest absolute Gasteiger partial charge is 0.162 e. The number of nitrogens with zero attached hydrogens (tertiary/aromatic N) is 3. The monoisotopic (exact) mass is 454 g/mol. The maximum Gasteiger partial charge on any atom is 0.162 e. The second kappa shape index (κ2) is 9.74. The van der Waals surface area contributed by atoms with Crippen molar-refractivity contribution < 1.29 is 19.4 Å². The van der Waals surface area contributed by atoms with Crippen LogP contribution in [0.4, 0.5) is 11.5 Å². The van der Waals surface area contributed by atoms with E-state index in [4.69, 9.17) is 21.1 Å². The van der Waals surface area contributed by atoms with Crippen molar-refractivity contribution in [2.75, 3.05) is 25.5 Å². The van der Waals surface area contributed by atoms with Crippen molar-refractivity contribution in [2.45, 2.75) is 18.9 Å². The number of aromatic nitrogens is 2. The molecule has 9 heteroatoms. The zero-order chi connectivity index (χ0) is 22.5. The molecule has 1 saturated heterocycles. The third-order valence-electron chi connectivity index (χ3n) is 5.27. The van der Waals surface area contributed by atoms with Gasteiger partial charge < -0.3 is 24.8 Å². The first-order valence-electron chi connectivity index (χ1n) is 10.2.